The molecule has 5 nitrogen and oxygen atoms in total. The number of likely N-dealkylation sites (tertiary alicyclic amines) is 1. The number of nitrogens with one attached hydrogen (secondary N) is 1. The summed E-state index contributed by atoms with van der Waals surface area (Å²) in [6.45, 7) is 7.49. The first-order valence-corrected chi connectivity index (χ1v) is 6.59. The van der Waals surface area contributed by atoms with Crippen LogP contribution >= 0.6 is 0 Å². The molecule has 5 heteroatoms. The molecule has 0 bridgehead atoms. The Bertz CT molecular complexity index is 328. The molecule has 1 aliphatic rings. The molecule has 0 aromatic heterocycles. The van der Waals surface area contributed by atoms with Gasteiger partial charge in [-0.3, -0.25) is 4.79 Å². The maximum absolute atomic E-state index is 12.1. The van der Waals surface area contributed by atoms with Crippen molar-refractivity contribution in [3.8, 4) is 0 Å². The molecule has 1 fully saturated rings. The molecule has 2 amide bonds. The zero-order valence-electron chi connectivity index (χ0n) is 11.7. The molecule has 0 spiro atoms. The van der Waals surface area contributed by atoms with Gasteiger partial charge in [-0.2, -0.15) is 0 Å². The minimum absolute atomic E-state index is 0.138. The minimum atomic E-state index is -0.930. The molecule has 0 aliphatic carbocycles. The van der Waals surface area contributed by atoms with E-state index < -0.39 is 11.4 Å². The SMILES string of the molecule is CCC1CCC(C)N1C(=O)NCC(C)(C)C(=O)O. The zero-order chi connectivity index (χ0) is 13.9. The predicted octanol–water partition coefficient (Wildman–Crippen LogP) is 2.07. The van der Waals surface area contributed by atoms with E-state index in [1.165, 1.54) is 0 Å². The average Bonchev–Trinajstić information content (AvgIpc) is 2.67. The molecule has 104 valence electrons. The van der Waals surface area contributed by atoms with Crippen molar-refractivity contribution in [2.45, 2.75) is 59.0 Å². The minimum Gasteiger partial charge on any atom is -0.481 e. The molecule has 2 unspecified atom stereocenters. The lowest BCUT2D eigenvalue weighted by atomic mass is 9.94. The van der Waals surface area contributed by atoms with Crippen LogP contribution in [0.5, 0.6) is 0 Å². The van der Waals surface area contributed by atoms with Crippen LogP contribution in [-0.4, -0.2) is 40.6 Å². The van der Waals surface area contributed by atoms with Gasteiger partial charge in [0.15, 0.2) is 0 Å². The zero-order valence-corrected chi connectivity index (χ0v) is 11.7. The summed E-state index contributed by atoms with van der Waals surface area (Å²) < 4.78 is 0. The first-order chi connectivity index (χ1) is 8.29. The number of hydrogen-bond donors (Lipinski definition) is 2. The van der Waals surface area contributed by atoms with Crippen molar-refractivity contribution in [2.75, 3.05) is 6.54 Å². The third-order valence-corrected chi connectivity index (χ3v) is 3.75. The number of aliphatic carboxylic acids is 1. The molecular formula is C13H24N2O3. The van der Waals surface area contributed by atoms with Crippen LogP contribution in [0.1, 0.15) is 47.0 Å². The number of carboxylic acids is 1. The van der Waals surface area contributed by atoms with Crippen molar-refractivity contribution in [1.29, 1.82) is 0 Å². The molecule has 0 aromatic rings. The van der Waals surface area contributed by atoms with E-state index in [9.17, 15) is 9.59 Å². The summed E-state index contributed by atoms with van der Waals surface area (Å²) in [6.07, 6.45) is 3.00. The topological polar surface area (TPSA) is 69.6 Å². The van der Waals surface area contributed by atoms with E-state index in [1.54, 1.807) is 13.8 Å². The van der Waals surface area contributed by atoms with Crippen LogP contribution in [0, 0.1) is 5.41 Å². The number of urea groups is 1. The second kappa shape index (κ2) is 5.59. The van der Waals surface area contributed by atoms with E-state index >= 15 is 0 Å². The lowest BCUT2D eigenvalue weighted by Gasteiger charge is -2.29. The molecule has 1 heterocycles. The van der Waals surface area contributed by atoms with E-state index in [2.05, 4.69) is 12.2 Å². The quantitative estimate of drug-likeness (QED) is 0.809. The van der Waals surface area contributed by atoms with Crippen molar-refractivity contribution in [3.05, 3.63) is 0 Å². The molecule has 1 rings (SSSR count). The largest absolute Gasteiger partial charge is 0.481 e. The molecule has 2 N–H and O–H groups in total. The lowest BCUT2D eigenvalue weighted by molar-refractivity contribution is -0.146. The van der Waals surface area contributed by atoms with E-state index in [0.717, 1.165) is 19.3 Å². The molecule has 0 aromatic carbocycles. The van der Waals surface area contributed by atoms with Gasteiger partial charge in [0, 0.05) is 18.6 Å². The number of rotatable bonds is 4. The highest BCUT2D eigenvalue weighted by atomic mass is 16.4. The van der Waals surface area contributed by atoms with E-state index in [1.807, 2.05) is 11.8 Å². The number of carbonyl (C=O) groups excluding carboxylic acids is 1. The molecule has 1 aliphatic heterocycles. The molecule has 0 radical (unpaired) electrons. The van der Waals surface area contributed by atoms with Crippen molar-refractivity contribution >= 4 is 12.0 Å². The Morgan fingerprint density at radius 3 is 2.50 bits per heavy atom. The van der Waals surface area contributed by atoms with Gasteiger partial charge in [-0.25, -0.2) is 4.79 Å². The summed E-state index contributed by atoms with van der Waals surface area (Å²) in [6, 6.07) is 0.386. The Morgan fingerprint density at radius 1 is 1.39 bits per heavy atom. The van der Waals surface area contributed by atoms with Gasteiger partial charge < -0.3 is 15.3 Å². The van der Waals surface area contributed by atoms with E-state index in [0.29, 0.717) is 0 Å². The Labute approximate surface area is 109 Å². The first kappa shape index (κ1) is 14.8. The van der Waals surface area contributed by atoms with Crippen LogP contribution in [0.2, 0.25) is 0 Å². The predicted molar refractivity (Wildman–Crippen MR) is 69.4 cm³/mol. The lowest BCUT2D eigenvalue weighted by Crippen LogP contribution is -2.49. The second-order valence-corrected chi connectivity index (χ2v) is 5.74. The van der Waals surface area contributed by atoms with Gasteiger partial charge in [0.1, 0.15) is 0 Å². The number of amides is 2. The van der Waals surface area contributed by atoms with Crippen LogP contribution in [0.4, 0.5) is 4.79 Å². The Kier molecular flexibility index (Phi) is 4.59. The number of carbonyl (C=O) groups is 2. The van der Waals surface area contributed by atoms with Crippen LogP contribution in [0.25, 0.3) is 0 Å². The Morgan fingerprint density at radius 2 is 2.00 bits per heavy atom. The van der Waals surface area contributed by atoms with E-state index in [4.69, 9.17) is 5.11 Å². The molecule has 18 heavy (non-hydrogen) atoms. The second-order valence-electron chi connectivity index (χ2n) is 5.74. The summed E-state index contributed by atoms with van der Waals surface area (Å²) in [5, 5.41) is 11.8. The first-order valence-electron chi connectivity index (χ1n) is 6.59. The average molecular weight is 256 g/mol. The van der Waals surface area contributed by atoms with Crippen molar-refractivity contribution < 1.29 is 14.7 Å². The van der Waals surface area contributed by atoms with Crippen LogP contribution in [-0.2, 0) is 4.79 Å². The van der Waals surface area contributed by atoms with Gasteiger partial charge in [-0.15, -0.1) is 0 Å². The third kappa shape index (κ3) is 3.15. The highest BCUT2D eigenvalue weighted by molar-refractivity contribution is 5.78. The molecule has 2 atom stereocenters. The van der Waals surface area contributed by atoms with Gasteiger partial charge in [0.05, 0.1) is 5.41 Å². The maximum Gasteiger partial charge on any atom is 0.317 e. The number of nitrogens with zero attached hydrogens (tertiary/aromatic N) is 1. The summed E-state index contributed by atoms with van der Waals surface area (Å²) in [5.74, 6) is -0.899. The van der Waals surface area contributed by atoms with Crippen molar-refractivity contribution in [2.24, 2.45) is 5.41 Å². The van der Waals surface area contributed by atoms with E-state index in [-0.39, 0.29) is 24.7 Å². The fraction of sp³-hybridized carbons (Fsp3) is 0.846. The third-order valence-electron chi connectivity index (χ3n) is 3.75. The fourth-order valence-electron chi connectivity index (χ4n) is 2.30. The van der Waals surface area contributed by atoms with Crippen molar-refractivity contribution in [3.63, 3.8) is 0 Å². The monoisotopic (exact) mass is 256 g/mol. The Hall–Kier alpha value is -1.26. The van der Waals surface area contributed by atoms with Crippen LogP contribution in [0.3, 0.4) is 0 Å². The fourth-order valence-corrected chi connectivity index (χ4v) is 2.30. The highest BCUT2D eigenvalue weighted by Gasteiger charge is 2.34. The smallest absolute Gasteiger partial charge is 0.317 e. The number of carboxylic acid groups (broad SMARTS) is 1. The van der Waals surface area contributed by atoms with Gasteiger partial charge in [-0.1, -0.05) is 6.92 Å². The van der Waals surface area contributed by atoms with Gasteiger partial charge in [0.2, 0.25) is 0 Å². The number of hydrogen-bond acceptors (Lipinski definition) is 2. The van der Waals surface area contributed by atoms with Crippen LogP contribution in [0.15, 0.2) is 0 Å². The summed E-state index contributed by atoms with van der Waals surface area (Å²) in [4.78, 5) is 25.0. The van der Waals surface area contributed by atoms with Gasteiger partial charge in [-0.05, 0) is 40.0 Å². The standard InChI is InChI=1S/C13H24N2O3/c1-5-10-7-6-9(2)15(10)12(18)14-8-13(3,4)11(16)17/h9-10H,5-8H2,1-4H3,(H,14,18)(H,16,17). The maximum atomic E-state index is 12.1. The highest BCUT2D eigenvalue weighted by Crippen LogP contribution is 2.26. The summed E-state index contributed by atoms with van der Waals surface area (Å²) in [5.41, 5.74) is -0.930. The summed E-state index contributed by atoms with van der Waals surface area (Å²) >= 11 is 0. The normalized spacial score (nSPS) is 24.1. The molecule has 0 saturated carbocycles. The molecular weight excluding hydrogens is 232 g/mol. The molecule has 1 saturated heterocycles. The van der Waals surface area contributed by atoms with Gasteiger partial charge >= 0.3 is 12.0 Å². The van der Waals surface area contributed by atoms with Crippen LogP contribution < -0.4 is 5.32 Å². The Balaban J connectivity index is 2.57. The van der Waals surface area contributed by atoms with Gasteiger partial charge in [0.25, 0.3) is 0 Å². The summed E-state index contributed by atoms with van der Waals surface area (Å²) in [7, 11) is 0. The van der Waals surface area contributed by atoms with Crippen molar-refractivity contribution in [1.82, 2.24) is 10.2 Å².